The van der Waals surface area contributed by atoms with Crippen LogP contribution in [0.5, 0.6) is 0 Å². The van der Waals surface area contributed by atoms with Crippen LogP contribution in [0.2, 0.25) is 0 Å². The topological polar surface area (TPSA) is 134 Å². The zero-order chi connectivity index (χ0) is 13.8. The van der Waals surface area contributed by atoms with Crippen LogP contribution in [-0.2, 0) is 14.4 Å². The summed E-state index contributed by atoms with van der Waals surface area (Å²) in [5.41, 5.74) is 0. The summed E-state index contributed by atoms with van der Waals surface area (Å²) < 4.78 is 0. The molecule has 2 saturated carbocycles. The summed E-state index contributed by atoms with van der Waals surface area (Å²) in [5, 5.41) is 10.9. The van der Waals surface area contributed by atoms with Crippen molar-refractivity contribution >= 4 is 18.5 Å². The van der Waals surface area contributed by atoms with E-state index in [9.17, 15) is 19.5 Å². The van der Waals surface area contributed by atoms with Crippen LogP contribution in [-0.4, -0.2) is 29.5 Å². The molecule has 0 heterocycles. The van der Waals surface area contributed by atoms with E-state index < -0.39 is 11.9 Å². The van der Waals surface area contributed by atoms with Crippen molar-refractivity contribution in [1.29, 1.82) is 0 Å². The molecule has 0 bridgehead atoms. The molecule has 0 aromatic heterocycles. The number of carboxylic acid groups (broad SMARTS) is 1. The van der Waals surface area contributed by atoms with Crippen LogP contribution in [0.1, 0.15) is 44.9 Å². The van der Waals surface area contributed by atoms with Crippen molar-refractivity contribution in [2.75, 3.05) is 0 Å². The van der Waals surface area contributed by atoms with Crippen molar-refractivity contribution in [3.63, 3.8) is 0 Å². The minimum Gasteiger partial charge on any atom is -0.870 e. The van der Waals surface area contributed by atoms with Gasteiger partial charge in [0.05, 0.1) is 0 Å². The van der Waals surface area contributed by atoms with Gasteiger partial charge in [-0.05, 0) is 18.3 Å². The van der Waals surface area contributed by atoms with Gasteiger partial charge in [0.2, 0.25) is 0 Å². The van der Waals surface area contributed by atoms with E-state index in [2.05, 4.69) is 6.29 Å². The Morgan fingerprint density at radius 3 is 1.79 bits per heavy atom. The molecule has 0 amide bonds. The van der Waals surface area contributed by atoms with Gasteiger partial charge < -0.3 is 30.4 Å². The van der Waals surface area contributed by atoms with Gasteiger partial charge in [0.15, 0.2) is 0 Å². The zero-order valence-electron chi connectivity index (χ0n) is 14.9. The Balaban J connectivity index is -0.000000400. The van der Waals surface area contributed by atoms with Gasteiger partial charge in [-0.1, -0.05) is 44.4 Å². The Morgan fingerprint density at radius 1 is 0.833 bits per heavy atom. The van der Waals surface area contributed by atoms with Crippen LogP contribution in [0.25, 0.3) is 0 Å². The molecule has 9 heteroatoms. The summed E-state index contributed by atoms with van der Waals surface area (Å²) in [4.78, 5) is 32.6. The van der Waals surface area contributed by atoms with Gasteiger partial charge in [0.1, 0.15) is 0 Å². The van der Waals surface area contributed by atoms with E-state index in [1.54, 1.807) is 0 Å². The number of aliphatic carboxylic acids is 1. The molecule has 2 aliphatic rings. The van der Waals surface area contributed by atoms with Crippen molar-refractivity contribution in [3.8, 4) is 0 Å². The zero-order valence-corrected chi connectivity index (χ0v) is 14.9. The van der Waals surface area contributed by atoms with Crippen molar-refractivity contribution in [1.82, 2.24) is 0 Å². The van der Waals surface area contributed by atoms with E-state index in [0.717, 1.165) is 32.1 Å². The minimum absolute atomic E-state index is 0. The average Bonchev–Trinajstić information content (AvgIpc) is 2.46. The molecule has 2 rings (SSSR count). The molecular formula is C15H21Li3O6-2. The SMILES string of the molecule is O=[C-]C1CCC(C2CCC(C(=O)[O-])CC2[C-]=O)CC1.[Li+].[Li+].[Li+].[OH-].[OH-]. The molecule has 0 spiro atoms. The molecule has 3 unspecified atom stereocenters. The van der Waals surface area contributed by atoms with E-state index >= 15 is 0 Å². The molecule has 6 nitrogen and oxygen atoms in total. The van der Waals surface area contributed by atoms with Gasteiger partial charge in [-0.25, -0.2) is 0 Å². The summed E-state index contributed by atoms with van der Waals surface area (Å²) >= 11 is 0. The number of hydrogen-bond donors (Lipinski definition) is 0. The predicted octanol–water partition coefficient (Wildman–Crippen LogP) is -8.55. The second-order valence-corrected chi connectivity index (χ2v) is 5.95. The van der Waals surface area contributed by atoms with Crippen LogP contribution in [0, 0.1) is 29.6 Å². The Bertz CT molecular complexity index is 361. The van der Waals surface area contributed by atoms with E-state index in [-0.39, 0.29) is 85.3 Å². The van der Waals surface area contributed by atoms with Crippen LogP contribution < -0.4 is 61.7 Å². The van der Waals surface area contributed by atoms with Gasteiger partial charge in [0.25, 0.3) is 0 Å². The molecule has 0 aromatic carbocycles. The van der Waals surface area contributed by atoms with Crippen LogP contribution in [0.15, 0.2) is 0 Å². The number of carbonyl (C=O) groups is 1. The van der Waals surface area contributed by atoms with Crippen LogP contribution in [0.4, 0.5) is 0 Å². The molecule has 0 aliphatic heterocycles. The molecular weight excluding hydrogens is 297 g/mol. The Hall–Kier alpha value is 0.522. The van der Waals surface area contributed by atoms with Crippen molar-refractivity contribution in [2.24, 2.45) is 29.6 Å². The molecule has 0 saturated heterocycles. The van der Waals surface area contributed by atoms with Crippen LogP contribution in [0.3, 0.4) is 0 Å². The molecule has 0 aromatic rings. The standard InChI is InChI=1S/C15H20O4.3Li.2H2O/c16-8-10-1-3-11(4-2-10)14-6-5-12(15(18)19)7-13(14)9-17;;;;;/h10-14H,1-7H2,(H,18,19);;;;2*1H2/q-2;3*+1;;/p-3. The first kappa shape index (κ1) is 32.2. The van der Waals surface area contributed by atoms with E-state index in [1.807, 2.05) is 6.29 Å². The Morgan fingerprint density at radius 2 is 1.38 bits per heavy atom. The number of carbonyl (C=O) groups excluding carboxylic acids is 3. The molecule has 24 heavy (non-hydrogen) atoms. The summed E-state index contributed by atoms with van der Waals surface area (Å²) in [7, 11) is 0. The summed E-state index contributed by atoms with van der Waals surface area (Å²) in [6.07, 6.45) is 9.42. The van der Waals surface area contributed by atoms with Crippen LogP contribution >= 0.6 is 0 Å². The summed E-state index contributed by atoms with van der Waals surface area (Å²) in [6, 6.07) is 0. The largest absolute Gasteiger partial charge is 1.00 e. The number of hydrogen-bond acceptors (Lipinski definition) is 6. The smallest absolute Gasteiger partial charge is 0.870 e. The third-order valence-corrected chi connectivity index (χ3v) is 4.93. The number of rotatable bonds is 4. The first-order valence-electron chi connectivity index (χ1n) is 7.12. The minimum atomic E-state index is -1.04. The second kappa shape index (κ2) is 15.8. The molecule has 122 valence electrons. The van der Waals surface area contributed by atoms with Gasteiger partial charge in [0, 0.05) is 5.97 Å². The monoisotopic (exact) mass is 318 g/mol. The fourth-order valence-corrected chi connectivity index (χ4v) is 3.77. The van der Waals surface area contributed by atoms with Crippen molar-refractivity contribution in [3.05, 3.63) is 0 Å². The Labute approximate surface area is 179 Å². The maximum absolute atomic E-state index is 11.1. The van der Waals surface area contributed by atoms with Gasteiger partial charge in [-0.2, -0.15) is 0 Å². The van der Waals surface area contributed by atoms with E-state index in [4.69, 9.17) is 0 Å². The third-order valence-electron chi connectivity index (χ3n) is 4.93. The average molecular weight is 318 g/mol. The summed E-state index contributed by atoms with van der Waals surface area (Å²) in [5.74, 6) is -1.10. The molecule has 0 radical (unpaired) electrons. The fraction of sp³-hybridized carbons (Fsp3) is 0.800. The molecule has 2 N–H and O–H groups in total. The predicted molar refractivity (Wildman–Crippen MR) is 70.0 cm³/mol. The molecule has 3 atom stereocenters. The van der Waals surface area contributed by atoms with Gasteiger partial charge >= 0.3 is 56.6 Å². The quantitative estimate of drug-likeness (QED) is 0.373. The number of carboxylic acids is 1. The first-order chi connectivity index (χ1) is 9.15. The van der Waals surface area contributed by atoms with Crippen molar-refractivity contribution < 1.29 is 87.0 Å². The van der Waals surface area contributed by atoms with Gasteiger partial charge in [-0.3, -0.25) is 12.6 Å². The Kier molecular flexibility index (Phi) is 21.1. The molecule has 2 fully saturated rings. The normalized spacial score (nSPS) is 31.2. The fourth-order valence-electron chi connectivity index (χ4n) is 3.77. The maximum Gasteiger partial charge on any atom is 1.00 e. The van der Waals surface area contributed by atoms with Gasteiger partial charge in [-0.15, -0.1) is 11.8 Å². The third kappa shape index (κ3) is 8.27. The maximum atomic E-state index is 11.1. The first-order valence-corrected chi connectivity index (χ1v) is 7.12. The van der Waals surface area contributed by atoms with E-state index in [0.29, 0.717) is 18.8 Å². The molecule has 2 aliphatic carbocycles. The van der Waals surface area contributed by atoms with Crippen molar-refractivity contribution in [2.45, 2.75) is 44.9 Å². The van der Waals surface area contributed by atoms with E-state index in [1.165, 1.54) is 0 Å². The second-order valence-electron chi connectivity index (χ2n) is 5.95. The summed E-state index contributed by atoms with van der Waals surface area (Å²) in [6.45, 7) is 0.